The fourth-order valence-electron chi connectivity index (χ4n) is 4.44. The average Bonchev–Trinajstić information content (AvgIpc) is 3.42. The minimum atomic E-state index is -2.32. The van der Waals surface area contributed by atoms with E-state index in [1.54, 1.807) is 13.1 Å². The number of halogens is 2. The van der Waals surface area contributed by atoms with Gasteiger partial charge in [-0.15, -0.1) is 0 Å². The monoisotopic (exact) mass is 536 g/mol. The van der Waals surface area contributed by atoms with Crippen LogP contribution in [0.15, 0.2) is 65.4 Å². The van der Waals surface area contributed by atoms with Crippen LogP contribution in [-0.2, 0) is 0 Å². The molecular formula is C28H34F2N8O. The van der Waals surface area contributed by atoms with Crippen molar-refractivity contribution < 1.29 is 13.5 Å². The highest BCUT2D eigenvalue weighted by molar-refractivity contribution is 5.92. The Labute approximate surface area is 227 Å². The number of aryl methyl sites for hydroxylation is 1. The first-order chi connectivity index (χ1) is 18.9. The number of ether oxygens (including phenoxy) is 1. The van der Waals surface area contributed by atoms with Crippen LogP contribution in [-0.4, -0.2) is 53.1 Å². The quantitative estimate of drug-likeness (QED) is 0.342. The Morgan fingerprint density at radius 1 is 1.31 bits per heavy atom. The number of aliphatic imine (C=N–C) groups is 1. The minimum Gasteiger partial charge on any atom is -0.457 e. The molecule has 0 spiro atoms. The van der Waals surface area contributed by atoms with Gasteiger partial charge in [0.25, 0.3) is 0 Å². The van der Waals surface area contributed by atoms with Gasteiger partial charge in [-0.1, -0.05) is 13.0 Å². The fraction of sp³-hybridized carbons (Fsp3) is 0.357. The van der Waals surface area contributed by atoms with Crippen LogP contribution in [0.4, 0.5) is 26.0 Å². The van der Waals surface area contributed by atoms with E-state index in [1.807, 2.05) is 48.4 Å². The predicted molar refractivity (Wildman–Crippen MR) is 151 cm³/mol. The van der Waals surface area contributed by atoms with E-state index in [0.29, 0.717) is 36.7 Å². The number of alkyl halides is 2. The summed E-state index contributed by atoms with van der Waals surface area (Å²) in [6.07, 6.45) is 10.9. The van der Waals surface area contributed by atoms with E-state index < -0.39 is 18.6 Å². The number of likely N-dealkylation sites (tertiary alicyclic amines) is 1. The third-order valence-electron chi connectivity index (χ3n) is 6.33. The highest BCUT2D eigenvalue weighted by atomic mass is 19.3. The first-order valence-corrected chi connectivity index (χ1v) is 12.9. The van der Waals surface area contributed by atoms with E-state index in [2.05, 4.69) is 43.9 Å². The molecule has 206 valence electrons. The lowest BCUT2D eigenvalue weighted by molar-refractivity contribution is 0.0785. The number of benzene rings is 1. The van der Waals surface area contributed by atoms with Crippen LogP contribution in [0.5, 0.6) is 5.75 Å². The van der Waals surface area contributed by atoms with Crippen molar-refractivity contribution in [2.45, 2.75) is 46.3 Å². The van der Waals surface area contributed by atoms with Gasteiger partial charge in [-0.25, -0.2) is 18.7 Å². The molecule has 39 heavy (non-hydrogen) atoms. The minimum absolute atomic E-state index is 0.302. The lowest BCUT2D eigenvalue weighted by Gasteiger charge is -2.29. The molecule has 2 aromatic rings. The van der Waals surface area contributed by atoms with Crippen molar-refractivity contribution in [1.82, 2.24) is 20.2 Å². The van der Waals surface area contributed by atoms with Gasteiger partial charge in [0.05, 0.1) is 6.21 Å². The van der Waals surface area contributed by atoms with Crippen LogP contribution in [0, 0.1) is 18.3 Å². The summed E-state index contributed by atoms with van der Waals surface area (Å²) in [5.41, 5.74) is 4.13. The first-order valence-electron chi connectivity index (χ1n) is 12.9. The summed E-state index contributed by atoms with van der Waals surface area (Å²) in [7, 11) is 0. The van der Waals surface area contributed by atoms with Gasteiger partial charge in [-0.05, 0) is 62.7 Å². The van der Waals surface area contributed by atoms with Crippen molar-refractivity contribution in [2.75, 3.05) is 23.7 Å². The Kier molecular flexibility index (Phi) is 9.37. The second-order valence-electron chi connectivity index (χ2n) is 9.24. The Balaban J connectivity index is 0.00000112. The van der Waals surface area contributed by atoms with Crippen LogP contribution in [0.1, 0.15) is 37.9 Å². The van der Waals surface area contributed by atoms with Gasteiger partial charge < -0.3 is 26.1 Å². The average molecular weight is 537 g/mol. The number of hydrogen-bond donors (Lipinski definition) is 4. The molecule has 3 aliphatic rings. The number of nitrogens with zero attached hydrogens (tertiary/aromatic N) is 4. The van der Waals surface area contributed by atoms with Gasteiger partial charge in [0.2, 0.25) is 6.43 Å². The lowest BCUT2D eigenvalue weighted by Crippen LogP contribution is -2.40. The molecule has 0 aliphatic carbocycles. The number of anilines is 3. The molecule has 2 atom stereocenters. The molecule has 5 rings (SSSR count). The number of rotatable bonds is 7. The van der Waals surface area contributed by atoms with Gasteiger partial charge in [0.1, 0.15) is 29.2 Å². The molecule has 0 saturated carbocycles. The molecule has 4 N–H and O–H groups in total. The second kappa shape index (κ2) is 13.1. The van der Waals surface area contributed by atoms with E-state index in [4.69, 9.17) is 10.1 Å². The standard InChI is InChI=1S/C26H29F2N7O.C2H5N/c1-3-4-18-12-20(7-9-29-18)36-22-6-5-19(11-16(22)2)33-25-23-21(31-15-32-25)13-30-26(34-23)35-10-8-17(14-35)24(27)28;1-2-3/h4-7,9,11-13,15,17,24,26,29,34H,3,8,10,14H2,1-2H3,(H,31,32,33);2-3H,1H3. The van der Waals surface area contributed by atoms with Crippen molar-refractivity contribution in [2.24, 2.45) is 10.9 Å². The van der Waals surface area contributed by atoms with Gasteiger partial charge in [-0.3, -0.25) is 9.89 Å². The van der Waals surface area contributed by atoms with Crippen LogP contribution >= 0.6 is 0 Å². The smallest absolute Gasteiger partial charge is 0.242 e. The topological polar surface area (TPSA) is 111 Å². The van der Waals surface area contributed by atoms with Crippen LogP contribution < -0.4 is 20.7 Å². The van der Waals surface area contributed by atoms with E-state index in [0.717, 1.165) is 34.9 Å². The van der Waals surface area contributed by atoms with Crippen LogP contribution in [0.2, 0.25) is 0 Å². The molecule has 0 amide bonds. The molecule has 2 unspecified atom stereocenters. The number of hydrogen-bond acceptors (Lipinski definition) is 9. The molecule has 1 aromatic heterocycles. The third kappa shape index (κ3) is 7.05. The maximum absolute atomic E-state index is 13.1. The van der Waals surface area contributed by atoms with E-state index in [1.165, 1.54) is 12.5 Å². The summed E-state index contributed by atoms with van der Waals surface area (Å²) < 4.78 is 32.4. The number of fused-ring (bicyclic) bond motifs is 1. The Bertz CT molecular complexity index is 1290. The van der Waals surface area contributed by atoms with Crippen LogP contribution in [0.25, 0.3) is 0 Å². The third-order valence-corrected chi connectivity index (χ3v) is 6.33. The van der Waals surface area contributed by atoms with Crippen molar-refractivity contribution in [3.63, 3.8) is 0 Å². The highest BCUT2D eigenvalue weighted by Crippen LogP contribution is 2.32. The molecule has 4 heterocycles. The molecule has 3 aliphatic heterocycles. The molecular weight excluding hydrogens is 502 g/mol. The number of allylic oxidation sites excluding steroid dienone is 3. The normalized spacial score (nSPS) is 20.9. The largest absolute Gasteiger partial charge is 0.457 e. The van der Waals surface area contributed by atoms with E-state index in [9.17, 15) is 8.78 Å². The molecule has 0 radical (unpaired) electrons. The van der Waals surface area contributed by atoms with Gasteiger partial charge in [0.15, 0.2) is 12.1 Å². The molecule has 1 saturated heterocycles. The number of dihydropyridines is 1. The highest BCUT2D eigenvalue weighted by Gasteiger charge is 2.34. The summed E-state index contributed by atoms with van der Waals surface area (Å²) in [6.45, 7) is 6.60. The summed E-state index contributed by atoms with van der Waals surface area (Å²) in [5.74, 6) is 1.48. The van der Waals surface area contributed by atoms with Crippen molar-refractivity contribution in [1.29, 1.82) is 5.41 Å². The van der Waals surface area contributed by atoms with Crippen molar-refractivity contribution in [3.8, 4) is 5.75 Å². The predicted octanol–water partition coefficient (Wildman–Crippen LogP) is 5.57. The second-order valence-corrected chi connectivity index (χ2v) is 9.24. The number of aromatic nitrogens is 2. The van der Waals surface area contributed by atoms with Crippen LogP contribution in [0.3, 0.4) is 0 Å². The number of nitrogens with one attached hydrogen (secondary N) is 4. The Hall–Kier alpha value is -4.12. The van der Waals surface area contributed by atoms with Gasteiger partial charge in [-0.2, -0.15) is 0 Å². The van der Waals surface area contributed by atoms with Gasteiger partial charge in [0, 0.05) is 42.7 Å². The fourth-order valence-corrected chi connectivity index (χ4v) is 4.44. The van der Waals surface area contributed by atoms with E-state index >= 15 is 0 Å². The molecule has 0 bridgehead atoms. The Morgan fingerprint density at radius 3 is 2.85 bits per heavy atom. The molecule has 11 heteroatoms. The van der Waals surface area contributed by atoms with Crippen molar-refractivity contribution >= 4 is 29.6 Å². The zero-order valence-corrected chi connectivity index (χ0v) is 22.3. The maximum Gasteiger partial charge on any atom is 0.242 e. The first kappa shape index (κ1) is 27.9. The molecule has 1 fully saturated rings. The van der Waals surface area contributed by atoms with Crippen molar-refractivity contribution in [3.05, 3.63) is 71.7 Å². The lowest BCUT2D eigenvalue weighted by atomic mass is 10.1. The van der Waals surface area contributed by atoms with Gasteiger partial charge >= 0.3 is 0 Å². The van der Waals surface area contributed by atoms with E-state index in [-0.39, 0.29) is 0 Å². The zero-order valence-electron chi connectivity index (χ0n) is 22.3. The maximum atomic E-state index is 13.1. The molecule has 9 nitrogen and oxygen atoms in total. The summed E-state index contributed by atoms with van der Waals surface area (Å²) in [5, 5.41) is 15.9. The Morgan fingerprint density at radius 2 is 2.13 bits per heavy atom. The SMILES string of the molecule is CC=N.CCC=C1C=C(Oc2ccc(Nc3ncnc4c3NC(N3CCC(C(F)F)C3)N=C4)cc2C)C=CN1. The summed E-state index contributed by atoms with van der Waals surface area (Å²) in [6, 6.07) is 5.82. The summed E-state index contributed by atoms with van der Waals surface area (Å²) in [4.78, 5) is 15.1. The summed E-state index contributed by atoms with van der Waals surface area (Å²) >= 11 is 0. The zero-order chi connectivity index (χ0) is 27.8. The molecule has 1 aromatic carbocycles.